The number of rotatable bonds is 3. The first-order chi connectivity index (χ1) is 8.69. The molecular formula is C14H20BrFN2. The van der Waals surface area contributed by atoms with Crippen LogP contribution in [0.5, 0.6) is 0 Å². The van der Waals surface area contributed by atoms with Gasteiger partial charge in [0.1, 0.15) is 0 Å². The van der Waals surface area contributed by atoms with Crippen LogP contribution >= 0.6 is 15.9 Å². The Hall–Kier alpha value is -0.610. The van der Waals surface area contributed by atoms with Crippen molar-refractivity contribution < 1.29 is 4.39 Å². The Morgan fingerprint density at radius 3 is 2.89 bits per heavy atom. The molecule has 2 nitrogen and oxygen atoms in total. The van der Waals surface area contributed by atoms with Crippen molar-refractivity contribution in [3.63, 3.8) is 0 Å². The molecule has 1 unspecified atom stereocenters. The van der Waals surface area contributed by atoms with Crippen molar-refractivity contribution in [3.8, 4) is 0 Å². The lowest BCUT2D eigenvalue weighted by Gasteiger charge is -2.37. The molecular weight excluding hydrogens is 295 g/mol. The van der Waals surface area contributed by atoms with Crippen molar-refractivity contribution in [1.29, 1.82) is 0 Å². The summed E-state index contributed by atoms with van der Waals surface area (Å²) in [4.78, 5) is 2.21. The van der Waals surface area contributed by atoms with Gasteiger partial charge in [0.05, 0.1) is 10.2 Å². The quantitative estimate of drug-likeness (QED) is 0.919. The summed E-state index contributed by atoms with van der Waals surface area (Å²) in [6, 6.07) is 4.25. The van der Waals surface area contributed by atoms with Crippen LogP contribution in [0, 0.1) is 5.82 Å². The molecule has 1 aromatic rings. The van der Waals surface area contributed by atoms with Crippen molar-refractivity contribution in [2.75, 3.05) is 11.4 Å². The Morgan fingerprint density at radius 2 is 2.22 bits per heavy atom. The van der Waals surface area contributed by atoms with Gasteiger partial charge in [-0.3, -0.25) is 0 Å². The van der Waals surface area contributed by atoms with Gasteiger partial charge in [-0.1, -0.05) is 13.0 Å². The molecule has 1 fully saturated rings. The summed E-state index contributed by atoms with van der Waals surface area (Å²) in [5.41, 5.74) is 7.13. The minimum absolute atomic E-state index is 0.168. The molecule has 0 saturated carbocycles. The Balaban J connectivity index is 2.35. The first kappa shape index (κ1) is 13.8. The number of nitrogens with two attached hydrogens (primary N) is 1. The molecule has 2 rings (SSSR count). The van der Waals surface area contributed by atoms with Gasteiger partial charge in [0.15, 0.2) is 5.82 Å². The first-order valence-electron chi connectivity index (χ1n) is 6.62. The summed E-state index contributed by atoms with van der Waals surface area (Å²) in [6.07, 6.45) is 4.62. The minimum Gasteiger partial charge on any atom is -0.366 e. The second-order valence-electron chi connectivity index (χ2n) is 4.83. The van der Waals surface area contributed by atoms with Gasteiger partial charge in [-0.15, -0.1) is 0 Å². The molecule has 1 heterocycles. The van der Waals surface area contributed by atoms with E-state index in [-0.39, 0.29) is 5.82 Å². The van der Waals surface area contributed by atoms with E-state index in [0.29, 0.717) is 22.7 Å². The summed E-state index contributed by atoms with van der Waals surface area (Å²) >= 11 is 3.32. The van der Waals surface area contributed by atoms with E-state index in [0.717, 1.165) is 31.4 Å². The lowest BCUT2D eigenvalue weighted by atomic mass is 9.99. The SMILES string of the molecule is CCC1CCCCN1c1ccc(CN)c(Br)c1F. The van der Waals surface area contributed by atoms with Crippen molar-refractivity contribution in [2.24, 2.45) is 5.73 Å². The molecule has 2 N–H and O–H groups in total. The lowest BCUT2D eigenvalue weighted by molar-refractivity contribution is 0.443. The highest BCUT2D eigenvalue weighted by Crippen LogP contribution is 2.33. The van der Waals surface area contributed by atoms with E-state index in [1.807, 2.05) is 12.1 Å². The molecule has 1 atom stereocenters. The van der Waals surface area contributed by atoms with E-state index in [1.54, 1.807) is 0 Å². The molecule has 0 amide bonds. The highest BCUT2D eigenvalue weighted by molar-refractivity contribution is 9.10. The predicted molar refractivity (Wildman–Crippen MR) is 77.3 cm³/mol. The molecule has 18 heavy (non-hydrogen) atoms. The van der Waals surface area contributed by atoms with E-state index in [2.05, 4.69) is 27.8 Å². The number of hydrogen-bond donors (Lipinski definition) is 1. The zero-order valence-corrected chi connectivity index (χ0v) is 12.3. The number of nitrogens with zero attached hydrogens (tertiary/aromatic N) is 1. The third-order valence-electron chi connectivity index (χ3n) is 3.77. The molecule has 0 radical (unpaired) electrons. The van der Waals surface area contributed by atoms with Gasteiger partial charge in [-0.05, 0) is 53.2 Å². The van der Waals surface area contributed by atoms with Gasteiger partial charge in [0.2, 0.25) is 0 Å². The van der Waals surface area contributed by atoms with E-state index in [9.17, 15) is 4.39 Å². The zero-order chi connectivity index (χ0) is 13.1. The monoisotopic (exact) mass is 314 g/mol. The average Bonchev–Trinajstić information content (AvgIpc) is 2.42. The van der Waals surface area contributed by atoms with Crippen LogP contribution < -0.4 is 10.6 Å². The lowest BCUT2D eigenvalue weighted by Crippen LogP contribution is -2.39. The van der Waals surface area contributed by atoms with Crippen LogP contribution in [0.2, 0.25) is 0 Å². The van der Waals surface area contributed by atoms with E-state index >= 15 is 0 Å². The number of anilines is 1. The standard InChI is InChI=1S/C14H20BrFN2/c1-2-11-5-3-4-8-18(11)12-7-6-10(9-17)13(15)14(12)16/h6-7,11H,2-5,8-9,17H2,1H3. The van der Waals surface area contributed by atoms with Crippen LogP contribution in [0.3, 0.4) is 0 Å². The van der Waals surface area contributed by atoms with Crippen LogP contribution in [-0.4, -0.2) is 12.6 Å². The summed E-state index contributed by atoms with van der Waals surface area (Å²) in [7, 11) is 0. The summed E-state index contributed by atoms with van der Waals surface area (Å²) in [6.45, 7) is 3.48. The summed E-state index contributed by atoms with van der Waals surface area (Å²) in [5.74, 6) is -0.168. The molecule has 1 saturated heterocycles. The van der Waals surface area contributed by atoms with Crippen molar-refractivity contribution in [2.45, 2.75) is 45.2 Å². The summed E-state index contributed by atoms with van der Waals surface area (Å²) in [5, 5.41) is 0. The maximum Gasteiger partial charge on any atom is 0.160 e. The largest absolute Gasteiger partial charge is 0.366 e. The van der Waals surface area contributed by atoms with Crippen LogP contribution in [0.4, 0.5) is 10.1 Å². The average molecular weight is 315 g/mol. The first-order valence-corrected chi connectivity index (χ1v) is 7.42. The second kappa shape index (κ2) is 6.02. The molecule has 1 aromatic carbocycles. The fourth-order valence-corrected chi connectivity index (χ4v) is 3.20. The fourth-order valence-electron chi connectivity index (χ4n) is 2.70. The molecule has 1 aliphatic rings. The summed E-state index contributed by atoms with van der Waals surface area (Å²) < 4.78 is 14.9. The number of halogens is 2. The maximum atomic E-state index is 14.4. The highest BCUT2D eigenvalue weighted by atomic mass is 79.9. The smallest absolute Gasteiger partial charge is 0.160 e. The molecule has 100 valence electrons. The molecule has 0 aliphatic carbocycles. The normalized spacial score (nSPS) is 20.2. The Bertz CT molecular complexity index is 423. The fraction of sp³-hybridized carbons (Fsp3) is 0.571. The maximum absolute atomic E-state index is 14.4. The van der Waals surface area contributed by atoms with Crippen LogP contribution in [0.25, 0.3) is 0 Å². The van der Waals surface area contributed by atoms with E-state index < -0.39 is 0 Å². The Kier molecular flexibility index (Phi) is 4.62. The number of hydrogen-bond acceptors (Lipinski definition) is 2. The third-order valence-corrected chi connectivity index (χ3v) is 4.63. The molecule has 0 aromatic heterocycles. The predicted octanol–water partition coefficient (Wildman–Crippen LogP) is 3.82. The van der Waals surface area contributed by atoms with Crippen LogP contribution in [0.1, 0.15) is 38.2 Å². The minimum atomic E-state index is -0.168. The molecule has 1 aliphatic heterocycles. The van der Waals surface area contributed by atoms with Crippen LogP contribution in [0.15, 0.2) is 16.6 Å². The number of piperidine rings is 1. The molecule has 0 spiro atoms. The van der Waals surface area contributed by atoms with Gasteiger partial charge >= 0.3 is 0 Å². The molecule has 0 bridgehead atoms. The Labute approximate surface area is 116 Å². The highest BCUT2D eigenvalue weighted by Gasteiger charge is 2.24. The van der Waals surface area contributed by atoms with E-state index in [1.165, 1.54) is 6.42 Å². The van der Waals surface area contributed by atoms with Crippen molar-refractivity contribution in [1.82, 2.24) is 0 Å². The van der Waals surface area contributed by atoms with Gasteiger partial charge < -0.3 is 10.6 Å². The van der Waals surface area contributed by atoms with Crippen LogP contribution in [-0.2, 0) is 6.54 Å². The molecule has 4 heteroatoms. The Morgan fingerprint density at radius 1 is 1.44 bits per heavy atom. The van der Waals surface area contributed by atoms with E-state index in [4.69, 9.17) is 5.73 Å². The van der Waals surface area contributed by atoms with Gasteiger partial charge in [-0.25, -0.2) is 4.39 Å². The van der Waals surface area contributed by atoms with Gasteiger partial charge in [0.25, 0.3) is 0 Å². The second-order valence-corrected chi connectivity index (χ2v) is 5.62. The topological polar surface area (TPSA) is 29.3 Å². The van der Waals surface area contributed by atoms with Crippen molar-refractivity contribution in [3.05, 3.63) is 28.0 Å². The number of benzene rings is 1. The van der Waals surface area contributed by atoms with Gasteiger partial charge in [-0.2, -0.15) is 0 Å². The van der Waals surface area contributed by atoms with Crippen molar-refractivity contribution >= 4 is 21.6 Å². The zero-order valence-electron chi connectivity index (χ0n) is 10.8. The van der Waals surface area contributed by atoms with Gasteiger partial charge in [0, 0.05) is 19.1 Å². The third kappa shape index (κ3) is 2.54.